The summed E-state index contributed by atoms with van der Waals surface area (Å²) in [4.78, 5) is 19.2. The van der Waals surface area contributed by atoms with E-state index in [1.165, 1.54) is 22.7 Å². The molecule has 2 rings (SSSR count). The lowest BCUT2D eigenvalue weighted by atomic mass is 10.2. The van der Waals surface area contributed by atoms with Crippen LogP contribution in [0.25, 0.3) is 0 Å². The highest BCUT2D eigenvalue weighted by Gasteiger charge is 2.16. The molecule has 2 heterocycles. The fraction of sp³-hybridized carbons (Fsp3) is 0.462. The predicted molar refractivity (Wildman–Crippen MR) is 88.0 cm³/mol. The van der Waals surface area contributed by atoms with Crippen LogP contribution in [0, 0.1) is 13.8 Å². The van der Waals surface area contributed by atoms with Gasteiger partial charge in [-0.2, -0.15) is 0 Å². The second kappa shape index (κ2) is 7.37. The van der Waals surface area contributed by atoms with E-state index in [2.05, 4.69) is 15.3 Å². The molecule has 0 aromatic carbocycles. The maximum atomic E-state index is 11.3. The van der Waals surface area contributed by atoms with Crippen molar-refractivity contribution in [3.05, 3.63) is 22.4 Å². The number of carbonyl (C=O) groups excluding carboxylic acids is 1. The quantitative estimate of drug-likeness (QED) is 0.830. The van der Waals surface area contributed by atoms with Crippen LogP contribution in [-0.4, -0.2) is 21.7 Å². The molecule has 0 spiro atoms. The smallest absolute Gasteiger partial charge is 0.412 e. The summed E-state index contributed by atoms with van der Waals surface area (Å²) in [6, 6.07) is 0. The lowest BCUT2D eigenvalue weighted by Gasteiger charge is -2.19. The number of anilines is 2. The van der Waals surface area contributed by atoms with Crippen molar-refractivity contribution in [2.45, 2.75) is 40.2 Å². The number of amides is 1. The average molecular weight is 328 g/mol. The third kappa shape index (κ3) is 7.62. The molecule has 0 unspecified atom stereocenters. The summed E-state index contributed by atoms with van der Waals surface area (Å²) < 4.78 is 5.08. The Morgan fingerprint density at radius 2 is 1.76 bits per heavy atom. The molecule has 0 fully saturated rings. The zero-order valence-electron chi connectivity index (χ0n) is 12.8. The normalized spacial score (nSPS) is 10.5. The molecule has 116 valence electrons. The Hall–Kier alpha value is -1.67. The van der Waals surface area contributed by atoms with E-state index in [0.29, 0.717) is 5.00 Å². The van der Waals surface area contributed by atoms with Gasteiger partial charge in [-0.05, 0) is 34.6 Å². The molecule has 0 aliphatic heterocycles. The third-order valence-electron chi connectivity index (χ3n) is 1.88. The van der Waals surface area contributed by atoms with Crippen LogP contribution in [0.3, 0.4) is 0 Å². The number of aryl methyl sites for hydroxylation is 2. The second-order valence-corrected chi connectivity index (χ2v) is 7.65. The van der Waals surface area contributed by atoms with Crippen molar-refractivity contribution in [3.63, 3.8) is 0 Å². The summed E-state index contributed by atoms with van der Waals surface area (Å²) in [5, 5.41) is 6.05. The molecule has 0 saturated carbocycles. The molecular formula is C13H20N4O2S2. The monoisotopic (exact) mass is 328 g/mol. The molecule has 8 heteroatoms. The van der Waals surface area contributed by atoms with Gasteiger partial charge in [0, 0.05) is 0 Å². The van der Waals surface area contributed by atoms with Gasteiger partial charge in [0.05, 0.1) is 22.4 Å². The van der Waals surface area contributed by atoms with Gasteiger partial charge < -0.3 is 10.5 Å². The second-order valence-electron chi connectivity index (χ2n) is 5.15. The standard InChI is InChI=1S/C9H14N2O2S.C4H6N2S/c1-6-10-5-7(14-6)11-8(12)13-9(2,3)4;1-3-6-2-4(5)7-3/h5H,1-4H3,(H,11,12);2H,5H2,1H3. The molecule has 0 radical (unpaired) electrons. The molecule has 0 aliphatic rings. The number of thiazole rings is 2. The van der Waals surface area contributed by atoms with Gasteiger partial charge in [-0.15, -0.1) is 22.7 Å². The van der Waals surface area contributed by atoms with Crippen LogP contribution in [0.5, 0.6) is 0 Å². The number of carbonyl (C=O) groups is 1. The molecule has 2 aromatic rings. The Morgan fingerprint density at radius 1 is 1.19 bits per heavy atom. The molecule has 2 aromatic heterocycles. The maximum absolute atomic E-state index is 11.3. The number of nitrogen functional groups attached to an aromatic ring is 1. The van der Waals surface area contributed by atoms with Gasteiger partial charge in [-0.1, -0.05) is 0 Å². The van der Waals surface area contributed by atoms with Crippen molar-refractivity contribution in [2.24, 2.45) is 0 Å². The van der Waals surface area contributed by atoms with Crippen LogP contribution in [-0.2, 0) is 4.74 Å². The van der Waals surface area contributed by atoms with Crippen LogP contribution < -0.4 is 11.1 Å². The van der Waals surface area contributed by atoms with Gasteiger partial charge in [0.1, 0.15) is 15.6 Å². The minimum absolute atomic E-state index is 0.443. The molecule has 0 aliphatic carbocycles. The summed E-state index contributed by atoms with van der Waals surface area (Å²) in [6.07, 6.45) is 2.84. The topological polar surface area (TPSA) is 90.1 Å². The van der Waals surface area contributed by atoms with Gasteiger partial charge in [0.25, 0.3) is 0 Å². The van der Waals surface area contributed by atoms with E-state index in [4.69, 9.17) is 10.5 Å². The van der Waals surface area contributed by atoms with Crippen LogP contribution in [0.4, 0.5) is 14.8 Å². The Bertz CT molecular complexity index is 571. The van der Waals surface area contributed by atoms with Crippen molar-refractivity contribution in [1.29, 1.82) is 0 Å². The van der Waals surface area contributed by atoms with Gasteiger partial charge in [-0.25, -0.2) is 14.8 Å². The zero-order valence-corrected chi connectivity index (χ0v) is 14.4. The SMILES string of the molecule is Cc1ncc(N)s1.Cc1ncc(NC(=O)OC(C)(C)C)s1. The fourth-order valence-corrected chi connectivity index (χ4v) is 2.42. The Kier molecular flexibility index (Phi) is 6.10. The van der Waals surface area contributed by atoms with Crippen LogP contribution in [0.15, 0.2) is 12.4 Å². The fourth-order valence-electron chi connectivity index (χ4n) is 1.20. The molecule has 1 amide bonds. The number of nitrogens with zero attached hydrogens (tertiary/aromatic N) is 2. The van der Waals surface area contributed by atoms with Gasteiger partial charge in [-0.3, -0.25) is 5.32 Å². The molecule has 21 heavy (non-hydrogen) atoms. The maximum Gasteiger partial charge on any atom is 0.412 e. The van der Waals surface area contributed by atoms with Crippen molar-refractivity contribution in [1.82, 2.24) is 9.97 Å². The van der Waals surface area contributed by atoms with E-state index < -0.39 is 11.7 Å². The highest BCUT2D eigenvalue weighted by molar-refractivity contribution is 7.15. The van der Waals surface area contributed by atoms with E-state index in [-0.39, 0.29) is 0 Å². The van der Waals surface area contributed by atoms with Gasteiger partial charge >= 0.3 is 6.09 Å². The first-order valence-corrected chi connectivity index (χ1v) is 7.89. The highest BCUT2D eigenvalue weighted by Crippen LogP contribution is 2.18. The lowest BCUT2D eigenvalue weighted by Crippen LogP contribution is -2.26. The van der Waals surface area contributed by atoms with Crippen molar-refractivity contribution in [2.75, 3.05) is 11.1 Å². The van der Waals surface area contributed by atoms with Crippen LogP contribution in [0.1, 0.15) is 30.8 Å². The van der Waals surface area contributed by atoms with E-state index >= 15 is 0 Å². The minimum atomic E-state index is -0.468. The number of nitrogens with one attached hydrogen (secondary N) is 1. The lowest BCUT2D eigenvalue weighted by molar-refractivity contribution is 0.0636. The number of rotatable bonds is 1. The molecule has 3 N–H and O–H groups in total. The average Bonchev–Trinajstić information content (AvgIpc) is 2.86. The van der Waals surface area contributed by atoms with Gasteiger partial charge in [0.2, 0.25) is 0 Å². The van der Waals surface area contributed by atoms with Crippen molar-refractivity contribution >= 4 is 38.8 Å². The summed E-state index contributed by atoms with van der Waals surface area (Å²) in [5.74, 6) is 0. The number of hydrogen-bond donors (Lipinski definition) is 2. The third-order valence-corrected chi connectivity index (χ3v) is 3.45. The van der Waals surface area contributed by atoms with Crippen LogP contribution >= 0.6 is 22.7 Å². The summed E-state index contributed by atoms with van der Waals surface area (Å²) >= 11 is 2.93. The van der Waals surface area contributed by atoms with Crippen LogP contribution in [0.2, 0.25) is 0 Å². The summed E-state index contributed by atoms with van der Waals surface area (Å²) in [7, 11) is 0. The van der Waals surface area contributed by atoms with Crippen molar-refractivity contribution < 1.29 is 9.53 Å². The number of nitrogens with two attached hydrogens (primary N) is 1. The van der Waals surface area contributed by atoms with Crippen molar-refractivity contribution in [3.8, 4) is 0 Å². The molecule has 0 bridgehead atoms. The molecular weight excluding hydrogens is 308 g/mol. The van der Waals surface area contributed by atoms with E-state index in [9.17, 15) is 4.79 Å². The Morgan fingerprint density at radius 3 is 2.10 bits per heavy atom. The highest BCUT2D eigenvalue weighted by atomic mass is 32.1. The Balaban J connectivity index is 0.000000262. The predicted octanol–water partition coefficient (Wildman–Crippen LogP) is 3.83. The first-order chi connectivity index (χ1) is 9.65. The Labute approximate surface area is 132 Å². The first kappa shape index (κ1) is 17.4. The largest absolute Gasteiger partial charge is 0.444 e. The minimum Gasteiger partial charge on any atom is -0.444 e. The molecule has 0 atom stereocenters. The number of ether oxygens (including phenoxy) is 1. The molecule has 0 saturated heterocycles. The van der Waals surface area contributed by atoms with E-state index in [1.807, 2.05) is 34.6 Å². The van der Waals surface area contributed by atoms with E-state index in [0.717, 1.165) is 15.0 Å². The summed E-state index contributed by atoms with van der Waals surface area (Å²) in [6.45, 7) is 9.28. The van der Waals surface area contributed by atoms with Gasteiger partial charge in [0.15, 0.2) is 0 Å². The zero-order chi connectivity index (χ0) is 16.0. The number of hydrogen-bond acceptors (Lipinski definition) is 7. The number of aromatic nitrogens is 2. The summed E-state index contributed by atoms with van der Waals surface area (Å²) in [5.41, 5.74) is 4.87. The first-order valence-electron chi connectivity index (χ1n) is 6.26. The molecule has 6 nitrogen and oxygen atoms in total. The van der Waals surface area contributed by atoms with E-state index in [1.54, 1.807) is 12.4 Å².